The molecule has 0 saturated heterocycles. The molecule has 0 unspecified atom stereocenters. The van der Waals surface area contributed by atoms with Crippen LogP contribution in [-0.2, 0) is 16.1 Å². The summed E-state index contributed by atoms with van der Waals surface area (Å²) < 4.78 is 10.7. The summed E-state index contributed by atoms with van der Waals surface area (Å²) in [5, 5.41) is 3.10. The molecule has 3 rings (SSSR count). The van der Waals surface area contributed by atoms with E-state index in [0.29, 0.717) is 31.3 Å². The second-order valence-corrected chi connectivity index (χ2v) is 6.78. The second kappa shape index (κ2) is 8.23. The predicted molar refractivity (Wildman–Crippen MR) is 93.3 cm³/mol. The van der Waals surface area contributed by atoms with Crippen LogP contribution < -0.4 is 14.8 Å². The number of rotatable bonds is 6. The third-order valence-corrected chi connectivity index (χ3v) is 4.83. The van der Waals surface area contributed by atoms with Crippen molar-refractivity contribution in [2.45, 2.75) is 58.0 Å². The molecule has 1 N–H and O–H groups in total. The Balaban J connectivity index is 1.51. The van der Waals surface area contributed by atoms with Gasteiger partial charge in [-0.05, 0) is 30.5 Å². The Morgan fingerprint density at radius 1 is 1.16 bits per heavy atom. The van der Waals surface area contributed by atoms with Crippen LogP contribution in [0.25, 0.3) is 0 Å². The molecular weight excluding hydrogens is 320 g/mol. The number of nitrogens with zero attached hydrogens (tertiary/aromatic N) is 1. The Morgan fingerprint density at radius 3 is 2.68 bits per heavy atom. The van der Waals surface area contributed by atoms with Gasteiger partial charge in [-0.2, -0.15) is 0 Å². The van der Waals surface area contributed by atoms with Crippen molar-refractivity contribution < 1.29 is 19.1 Å². The van der Waals surface area contributed by atoms with E-state index in [9.17, 15) is 9.59 Å². The van der Waals surface area contributed by atoms with E-state index in [-0.39, 0.29) is 18.6 Å². The number of hydrogen-bond donors (Lipinski definition) is 1. The maximum absolute atomic E-state index is 12.2. The quantitative estimate of drug-likeness (QED) is 0.860. The zero-order valence-corrected chi connectivity index (χ0v) is 14.8. The summed E-state index contributed by atoms with van der Waals surface area (Å²) in [5.41, 5.74) is 0.965. The first kappa shape index (κ1) is 17.6. The fourth-order valence-corrected chi connectivity index (χ4v) is 3.39. The maximum atomic E-state index is 12.2. The van der Waals surface area contributed by atoms with Gasteiger partial charge in [0.2, 0.25) is 18.6 Å². The molecule has 2 amide bonds. The molecule has 136 valence electrons. The van der Waals surface area contributed by atoms with Gasteiger partial charge in [0.1, 0.15) is 0 Å². The number of amides is 2. The van der Waals surface area contributed by atoms with Crippen molar-refractivity contribution in [2.24, 2.45) is 0 Å². The normalized spacial score (nSPS) is 16.5. The van der Waals surface area contributed by atoms with Gasteiger partial charge in [-0.1, -0.05) is 25.3 Å². The zero-order chi connectivity index (χ0) is 17.6. The van der Waals surface area contributed by atoms with E-state index < -0.39 is 0 Å². The van der Waals surface area contributed by atoms with Crippen LogP contribution in [0.2, 0.25) is 0 Å². The summed E-state index contributed by atoms with van der Waals surface area (Å²) >= 11 is 0. The molecule has 1 fully saturated rings. The van der Waals surface area contributed by atoms with Crippen LogP contribution in [0.15, 0.2) is 18.2 Å². The Labute approximate surface area is 148 Å². The third kappa shape index (κ3) is 4.87. The first-order chi connectivity index (χ1) is 12.1. The van der Waals surface area contributed by atoms with Crippen LogP contribution in [0.1, 0.15) is 51.0 Å². The number of carbonyl (C=O) groups excluding carboxylic acids is 2. The van der Waals surface area contributed by atoms with E-state index >= 15 is 0 Å². The zero-order valence-electron chi connectivity index (χ0n) is 14.8. The number of nitrogens with one attached hydrogen (secondary N) is 1. The van der Waals surface area contributed by atoms with E-state index in [1.165, 1.54) is 26.2 Å². The number of ether oxygens (including phenoxy) is 2. The van der Waals surface area contributed by atoms with Crippen molar-refractivity contribution in [1.82, 2.24) is 10.2 Å². The molecule has 6 nitrogen and oxygen atoms in total. The molecule has 0 atom stereocenters. The average molecular weight is 346 g/mol. The standard InChI is InChI=1S/C19H26N2O4/c1-14(22)21(10-9-19(23)20-16-5-3-2-4-6-16)12-15-7-8-17-18(11-15)25-13-24-17/h7-8,11,16H,2-6,9-10,12-13H2,1H3,(H,20,23). The third-order valence-electron chi connectivity index (χ3n) is 4.83. The van der Waals surface area contributed by atoms with Gasteiger partial charge < -0.3 is 19.7 Å². The summed E-state index contributed by atoms with van der Waals surface area (Å²) in [6.45, 7) is 2.65. The van der Waals surface area contributed by atoms with Gasteiger partial charge in [-0.25, -0.2) is 0 Å². The second-order valence-electron chi connectivity index (χ2n) is 6.78. The van der Waals surface area contributed by atoms with Crippen molar-refractivity contribution in [3.63, 3.8) is 0 Å². The Bertz CT molecular complexity index is 626. The van der Waals surface area contributed by atoms with Crippen LogP contribution in [0.3, 0.4) is 0 Å². The van der Waals surface area contributed by atoms with Crippen LogP contribution in [0, 0.1) is 0 Å². The summed E-state index contributed by atoms with van der Waals surface area (Å²) in [6, 6.07) is 5.97. The molecule has 25 heavy (non-hydrogen) atoms. The minimum absolute atomic E-state index is 0.0313. The molecular formula is C19H26N2O4. The van der Waals surface area contributed by atoms with Crippen LogP contribution in [-0.4, -0.2) is 36.1 Å². The van der Waals surface area contributed by atoms with Crippen molar-refractivity contribution in [3.05, 3.63) is 23.8 Å². The number of hydrogen-bond acceptors (Lipinski definition) is 4. The van der Waals surface area contributed by atoms with Gasteiger partial charge in [-0.15, -0.1) is 0 Å². The Morgan fingerprint density at radius 2 is 1.92 bits per heavy atom. The highest BCUT2D eigenvalue weighted by Gasteiger charge is 2.18. The first-order valence-electron chi connectivity index (χ1n) is 9.05. The fraction of sp³-hybridized carbons (Fsp3) is 0.579. The lowest BCUT2D eigenvalue weighted by atomic mass is 9.95. The monoisotopic (exact) mass is 346 g/mol. The molecule has 6 heteroatoms. The van der Waals surface area contributed by atoms with Gasteiger partial charge in [0, 0.05) is 32.5 Å². The lowest BCUT2D eigenvalue weighted by Gasteiger charge is -2.24. The predicted octanol–water partition coefficient (Wildman–Crippen LogP) is 2.60. The Kier molecular flexibility index (Phi) is 5.79. The summed E-state index contributed by atoms with van der Waals surface area (Å²) in [7, 11) is 0. The van der Waals surface area contributed by atoms with E-state index in [4.69, 9.17) is 9.47 Å². The van der Waals surface area contributed by atoms with Crippen molar-refractivity contribution in [2.75, 3.05) is 13.3 Å². The minimum Gasteiger partial charge on any atom is -0.454 e. The molecule has 1 aliphatic carbocycles. The van der Waals surface area contributed by atoms with Crippen LogP contribution in [0.4, 0.5) is 0 Å². The molecule has 1 saturated carbocycles. The van der Waals surface area contributed by atoms with Gasteiger partial charge in [-0.3, -0.25) is 9.59 Å². The number of carbonyl (C=O) groups is 2. The summed E-state index contributed by atoms with van der Waals surface area (Å²) in [5.74, 6) is 1.42. The fourth-order valence-electron chi connectivity index (χ4n) is 3.39. The summed E-state index contributed by atoms with van der Waals surface area (Å²) in [4.78, 5) is 25.8. The smallest absolute Gasteiger partial charge is 0.231 e. The molecule has 1 heterocycles. The SMILES string of the molecule is CC(=O)N(CCC(=O)NC1CCCCC1)Cc1ccc2c(c1)OCO2. The lowest BCUT2D eigenvalue weighted by molar-refractivity contribution is -0.130. The van der Waals surface area contributed by atoms with Crippen LogP contribution in [0.5, 0.6) is 11.5 Å². The van der Waals surface area contributed by atoms with Gasteiger partial charge in [0.15, 0.2) is 11.5 Å². The highest BCUT2D eigenvalue weighted by molar-refractivity contribution is 5.78. The van der Waals surface area contributed by atoms with Crippen molar-refractivity contribution >= 4 is 11.8 Å². The molecule has 0 spiro atoms. The number of fused-ring (bicyclic) bond motifs is 1. The van der Waals surface area contributed by atoms with Crippen molar-refractivity contribution in [3.8, 4) is 11.5 Å². The van der Waals surface area contributed by atoms with Crippen LogP contribution >= 0.6 is 0 Å². The molecule has 1 aromatic rings. The Hall–Kier alpha value is -2.24. The molecule has 0 radical (unpaired) electrons. The highest BCUT2D eigenvalue weighted by atomic mass is 16.7. The largest absolute Gasteiger partial charge is 0.454 e. The molecule has 0 aromatic heterocycles. The van der Waals surface area contributed by atoms with E-state index in [1.807, 2.05) is 18.2 Å². The van der Waals surface area contributed by atoms with Crippen molar-refractivity contribution in [1.29, 1.82) is 0 Å². The maximum Gasteiger partial charge on any atom is 0.231 e. The van der Waals surface area contributed by atoms with E-state index in [2.05, 4.69) is 5.32 Å². The molecule has 2 aliphatic rings. The van der Waals surface area contributed by atoms with Gasteiger partial charge >= 0.3 is 0 Å². The summed E-state index contributed by atoms with van der Waals surface area (Å²) in [6.07, 6.45) is 6.11. The van der Waals surface area contributed by atoms with Gasteiger partial charge in [0.25, 0.3) is 0 Å². The average Bonchev–Trinajstić information content (AvgIpc) is 3.07. The van der Waals surface area contributed by atoms with E-state index in [1.54, 1.807) is 4.90 Å². The lowest BCUT2D eigenvalue weighted by Crippen LogP contribution is -2.38. The highest BCUT2D eigenvalue weighted by Crippen LogP contribution is 2.32. The number of benzene rings is 1. The molecule has 1 aliphatic heterocycles. The minimum atomic E-state index is -0.0388. The van der Waals surface area contributed by atoms with Gasteiger partial charge in [0.05, 0.1) is 0 Å². The molecule has 1 aromatic carbocycles. The topological polar surface area (TPSA) is 67.9 Å². The van der Waals surface area contributed by atoms with E-state index in [0.717, 1.165) is 24.2 Å². The first-order valence-corrected chi connectivity index (χ1v) is 9.05. The molecule has 0 bridgehead atoms.